The molecule has 4 rings (SSSR count). The summed E-state index contributed by atoms with van der Waals surface area (Å²) in [5.41, 5.74) is 5.04. The first-order valence-electron chi connectivity index (χ1n) is 14.2. The quantitative estimate of drug-likeness (QED) is 0.319. The molecule has 1 aliphatic heterocycles. The van der Waals surface area contributed by atoms with Crippen LogP contribution in [0, 0.1) is 0 Å². The van der Waals surface area contributed by atoms with E-state index >= 15 is 0 Å². The Morgan fingerprint density at radius 3 is 2.13 bits per heavy atom. The van der Waals surface area contributed by atoms with E-state index in [2.05, 4.69) is 16.9 Å². The Hall–Kier alpha value is -4.93. The molecule has 0 atom stereocenters. The number of carbonyl (C=O) groups excluding carboxylic acids is 3. The summed E-state index contributed by atoms with van der Waals surface area (Å²) >= 11 is 0. The summed E-state index contributed by atoms with van der Waals surface area (Å²) in [4.78, 5) is 51.9. The number of likely N-dealkylation sites (N-methyl/N-ethyl adjacent to an activating group) is 2. The van der Waals surface area contributed by atoms with Crippen LogP contribution in [0.3, 0.4) is 0 Å². The fourth-order valence-corrected chi connectivity index (χ4v) is 4.77. The lowest BCUT2D eigenvalue weighted by molar-refractivity contribution is -0.192. The fourth-order valence-electron chi connectivity index (χ4n) is 4.77. The van der Waals surface area contributed by atoms with Crippen molar-refractivity contribution in [1.82, 2.24) is 14.7 Å². The number of amides is 3. The highest BCUT2D eigenvalue weighted by Crippen LogP contribution is 2.37. The molecule has 254 valence electrons. The van der Waals surface area contributed by atoms with E-state index in [0.717, 1.165) is 24.2 Å². The molecule has 2 heterocycles. The zero-order valence-electron chi connectivity index (χ0n) is 25.5. The standard InChI is InChI=1S/C28H31F3N6O3.C2HF3O2/c1-4-14-35(5-2)17-23(38)34(3)19-9-11-20(12-10-19)36-15-13-22-24(27(36)40)37(33-25(22)28(29,30)31)21-8-6-7-18(16-21)26(32)39;3-2(4,5)1(6)7/h6-12,16H,4-5,13-15,17H2,1-3H3,(H2,32,39);(H,6,7). The van der Waals surface area contributed by atoms with E-state index < -0.39 is 35.8 Å². The number of carboxylic acids is 1. The average molecular weight is 671 g/mol. The van der Waals surface area contributed by atoms with Gasteiger partial charge in [0.05, 0.1) is 12.2 Å². The number of hydrogen-bond donors (Lipinski definition) is 2. The van der Waals surface area contributed by atoms with Crippen LogP contribution in [0.4, 0.5) is 37.7 Å². The molecule has 3 aromatic rings. The Bertz CT molecular complexity index is 1620. The van der Waals surface area contributed by atoms with Crippen molar-refractivity contribution in [3.63, 3.8) is 0 Å². The maximum atomic E-state index is 13.9. The molecule has 0 unspecified atom stereocenters. The van der Waals surface area contributed by atoms with E-state index in [1.807, 2.05) is 6.92 Å². The van der Waals surface area contributed by atoms with Crippen molar-refractivity contribution in [3.05, 3.63) is 71.0 Å². The van der Waals surface area contributed by atoms with Crippen LogP contribution in [-0.4, -0.2) is 82.9 Å². The van der Waals surface area contributed by atoms with Gasteiger partial charge in [0.25, 0.3) is 5.91 Å². The van der Waals surface area contributed by atoms with Crippen LogP contribution in [0.2, 0.25) is 0 Å². The highest BCUT2D eigenvalue weighted by atomic mass is 19.4. The molecule has 0 radical (unpaired) electrons. The van der Waals surface area contributed by atoms with E-state index in [9.17, 15) is 40.7 Å². The third kappa shape index (κ3) is 8.66. The molecule has 0 spiro atoms. The average Bonchev–Trinajstić information content (AvgIpc) is 3.42. The molecule has 3 amide bonds. The highest BCUT2D eigenvalue weighted by molar-refractivity contribution is 6.08. The summed E-state index contributed by atoms with van der Waals surface area (Å²) < 4.78 is 74.3. The number of anilines is 2. The van der Waals surface area contributed by atoms with Gasteiger partial charge in [-0.1, -0.05) is 19.9 Å². The van der Waals surface area contributed by atoms with Gasteiger partial charge in [-0.2, -0.15) is 31.4 Å². The number of aromatic nitrogens is 2. The summed E-state index contributed by atoms with van der Waals surface area (Å²) in [6.45, 7) is 5.90. The number of alkyl halides is 6. The topological polar surface area (TPSA) is 142 Å². The van der Waals surface area contributed by atoms with Crippen molar-refractivity contribution in [2.24, 2.45) is 5.73 Å². The first-order chi connectivity index (χ1) is 21.9. The van der Waals surface area contributed by atoms with Gasteiger partial charge in [-0.3, -0.25) is 19.3 Å². The van der Waals surface area contributed by atoms with Crippen molar-refractivity contribution in [3.8, 4) is 5.69 Å². The number of nitrogens with two attached hydrogens (primary N) is 1. The summed E-state index contributed by atoms with van der Waals surface area (Å²) in [6.07, 6.45) is -9.00. The maximum absolute atomic E-state index is 13.9. The second kappa shape index (κ2) is 14.7. The second-order valence-corrected chi connectivity index (χ2v) is 10.3. The van der Waals surface area contributed by atoms with Crippen molar-refractivity contribution in [2.45, 2.75) is 39.0 Å². The summed E-state index contributed by atoms with van der Waals surface area (Å²) in [5, 5.41) is 10.9. The number of halogens is 6. The number of primary amides is 1. The second-order valence-electron chi connectivity index (χ2n) is 10.3. The summed E-state index contributed by atoms with van der Waals surface area (Å²) in [6, 6.07) is 12.3. The zero-order valence-corrected chi connectivity index (χ0v) is 25.5. The predicted molar refractivity (Wildman–Crippen MR) is 158 cm³/mol. The molecule has 0 saturated heterocycles. The minimum Gasteiger partial charge on any atom is -0.475 e. The molecule has 0 fully saturated rings. The van der Waals surface area contributed by atoms with Crippen LogP contribution in [0.15, 0.2) is 48.5 Å². The smallest absolute Gasteiger partial charge is 0.475 e. The van der Waals surface area contributed by atoms with Crippen molar-refractivity contribution >= 4 is 35.1 Å². The van der Waals surface area contributed by atoms with Crippen molar-refractivity contribution in [2.75, 3.05) is 43.0 Å². The number of hydrogen-bond acceptors (Lipinski definition) is 6. The van der Waals surface area contributed by atoms with Gasteiger partial charge in [-0.15, -0.1) is 0 Å². The fraction of sp³-hybridized carbons (Fsp3) is 0.367. The third-order valence-electron chi connectivity index (χ3n) is 7.17. The van der Waals surface area contributed by atoms with Crippen LogP contribution < -0.4 is 15.5 Å². The minimum atomic E-state index is -5.08. The van der Waals surface area contributed by atoms with Crippen LogP contribution in [0.25, 0.3) is 5.69 Å². The first kappa shape index (κ1) is 36.5. The van der Waals surface area contributed by atoms with E-state index in [1.54, 1.807) is 31.3 Å². The van der Waals surface area contributed by atoms with Gasteiger partial charge in [0, 0.05) is 36.1 Å². The van der Waals surface area contributed by atoms with Crippen molar-refractivity contribution < 1.29 is 50.6 Å². The molecule has 1 aromatic heterocycles. The Morgan fingerprint density at radius 1 is 1.00 bits per heavy atom. The molecule has 3 N–H and O–H groups in total. The number of aliphatic carboxylic acids is 1. The lowest BCUT2D eigenvalue weighted by Gasteiger charge is -2.29. The first-order valence-corrected chi connectivity index (χ1v) is 14.2. The van der Waals surface area contributed by atoms with Gasteiger partial charge in [-0.25, -0.2) is 9.48 Å². The number of fused-ring (bicyclic) bond motifs is 1. The Labute approximate surface area is 265 Å². The largest absolute Gasteiger partial charge is 0.490 e. The summed E-state index contributed by atoms with van der Waals surface area (Å²) in [7, 11) is 1.67. The lowest BCUT2D eigenvalue weighted by Crippen LogP contribution is -2.39. The molecule has 1 aliphatic rings. The number of carbonyl (C=O) groups is 4. The Morgan fingerprint density at radius 2 is 1.62 bits per heavy atom. The molecular formula is C30H32F6N6O5. The van der Waals surface area contributed by atoms with Gasteiger partial charge >= 0.3 is 18.3 Å². The number of rotatable bonds is 9. The van der Waals surface area contributed by atoms with E-state index in [-0.39, 0.29) is 47.9 Å². The van der Waals surface area contributed by atoms with Gasteiger partial charge in [0.15, 0.2) is 5.69 Å². The Kier molecular flexibility index (Phi) is 11.4. The van der Waals surface area contributed by atoms with Crippen LogP contribution in [-0.2, 0) is 22.2 Å². The molecule has 2 aromatic carbocycles. The molecular weight excluding hydrogens is 638 g/mol. The van der Waals surface area contributed by atoms with Gasteiger partial charge in [0.2, 0.25) is 11.8 Å². The van der Waals surface area contributed by atoms with E-state index in [1.165, 1.54) is 34.1 Å². The minimum absolute atomic E-state index is 0.0124. The normalized spacial score (nSPS) is 13.1. The van der Waals surface area contributed by atoms with Crippen molar-refractivity contribution in [1.29, 1.82) is 0 Å². The third-order valence-corrected chi connectivity index (χ3v) is 7.17. The molecule has 0 saturated carbocycles. The molecule has 0 aliphatic carbocycles. The highest BCUT2D eigenvalue weighted by Gasteiger charge is 2.43. The maximum Gasteiger partial charge on any atom is 0.490 e. The molecule has 47 heavy (non-hydrogen) atoms. The van der Waals surface area contributed by atoms with Gasteiger partial charge in [-0.05, 0) is 68.4 Å². The van der Waals surface area contributed by atoms with Crippen LogP contribution >= 0.6 is 0 Å². The zero-order chi connectivity index (χ0) is 35.3. The molecule has 17 heteroatoms. The van der Waals surface area contributed by atoms with E-state index in [4.69, 9.17) is 15.6 Å². The SMILES string of the molecule is CCCN(CC)CC(=O)N(C)c1ccc(N2CCc3c(C(F)(F)F)nn(-c4cccc(C(N)=O)c4)c3C2=O)cc1.O=C(O)C(F)(F)F. The molecule has 11 nitrogen and oxygen atoms in total. The molecule has 0 bridgehead atoms. The van der Waals surface area contributed by atoms with Crippen LogP contribution in [0.1, 0.15) is 52.4 Å². The number of benzene rings is 2. The number of carboxylic acid groups (broad SMARTS) is 1. The monoisotopic (exact) mass is 670 g/mol. The van der Waals surface area contributed by atoms with E-state index in [0.29, 0.717) is 11.4 Å². The predicted octanol–water partition coefficient (Wildman–Crippen LogP) is 4.52. The summed E-state index contributed by atoms with van der Waals surface area (Å²) in [5.74, 6) is -4.26. The van der Waals surface area contributed by atoms with Crippen LogP contribution in [0.5, 0.6) is 0 Å². The number of nitrogens with zero attached hydrogens (tertiary/aromatic N) is 5. The Balaban J connectivity index is 0.000000771. The van der Waals surface area contributed by atoms with Gasteiger partial charge < -0.3 is 20.6 Å². The lowest BCUT2D eigenvalue weighted by atomic mass is 10.0. The van der Waals surface area contributed by atoms with Gasteiger partial charge in [0.1, 0.15) is 5.69 Å².